The van der Waals surface area contributed by atoms with Crippen LogP contribution in [-0.4, -0.2) is 43.1 Å². The van der Waals surface area contributed by atoms with Gasteiger partial charge in [-0.3, -0.25) is 20.4 Å². The zero-order chi connectivity index (χ0) is 20.9. The van der Waals surface area contributed by atoms with Crippen molar-refractivity contribution in [2.45, 2.75) is 6.92 Å². The van der Waals surface area contributed by atoms with Crippen molar-refractivity contribution >= 4 is 17.7 Å². The van der Waals surface area contributed by atoms with Gasteiger partial charge in [0.15, 0.2) is 5.69 Å². The summed E-state index contributed by atoms with van der Waals surface area (Å²) in [5, 5.41) is 0. The molecule has 0 spiro atoms. The quantitative estimate of drug-likeness (QED) is 0.647. The monoisotopic (exact) mass is 406 g/mol. The molecule has 30 heavy (non-hydrogen) atoms. The minimum Gasteiger partial charge on any atom is -0.420 e. The number of ether oxygens (including phenoxy) is 1. The van der Waals surface area contributed by atoms with E-state index in [4.69, 9.17) is 9.15 Å². The van der Waals surface area contributed by atoms with Crippen LogP contribution >= 0.6 is 0 Å². The molecule has 2 heterocycles. The average Bonchev–Trinajstić information content (AvgIpc) is 3.25. The van der Waals surface area contributed by atoms with E-state index in [1.165, 1.54) is 0 Å². The topological polar surface area (TPSA) is 96.7 Å². The molecule has 1 saturated heterocycles. The lowest BCUT2D eigenvalue weighted by atomic mass is 10.1. The molecule has 2 amide bonds. The maximum atomic E-state index is 12.8. The van der Waals surface area contributed by atoms with Crippen LogP contribution in [-0.2, 0) is 4.74 Å². The number of nitrogens with zero attached hydrogens (tertiary/aromatic N) is 2. The third-order valence-corrected chi connectivity index (χ3v) is 4.75. The molecule has 2 N–H and O–H groups in total. The number of benzene rings is 2. The molecule has 8 nitrogen and oxygen atoms in total. The molecule has 1 aliphatic rings. The molecule has 1 aromatic heterocycles. The van der Waals surface area contributed by atoms with Crippen molar-refractivity contribution in [2.75, 3.05) is 31.2 Å². The predicted molar refractivity (Wildman–Crippen MR) is 111 cm³/mol. The Bertz CT molecular complexity index is 1030. The largest absolute Gasteiger partial charge is 0.420 e. The number of morpholine rings is 1. The van der Waals surface area contributed by atoms with E-state index in [1.807, 2.05) is 54.3 Å². The molecular weight excluding hydrogens is 384 g/mol. The lowest BCUT2D eigenvalue weighted by Crippen LogP contribution is -2.43. The van der Waals surface area contributed by atoms with Gasteiger partial charge in [-0.15, -0.1) is 0 Å². The molecule has 2 aromatic carbocycles. The zero-order valence-electron chi connectivity index (χ0n) is 16.6. The fourth-order valence-electron chi connectivity index (χ4n) is 3.09. The second-order valence-electron chi connectivity index (χ2n) is 6.91. The normalized spacial score (nSPS) is 13.7. The third kappa shape index (κ3) is 4.33. The van der Waals surface area contributed by atoms with Crippen LogP contribution in [0.2, 0.25) is 0 Å². The number of anilines is 1. The number of aromatic nitrogens is 1. The van der Waals surface area contributed by atoms with Gasteiger partial charge in [0.25, 0.3) is 11.8 Å². The number of rotatable bonds is 4. The SMILES string of the molecule is Cc1ccc(C(=O)NNC(=O)c2nc(-c3ccccc3)oc2N2CCOCC2)cc1. The Balaban J connectivity index is 1.55. The standard InChI is InChI=1S/C22H22N4O4/c1-15-7-9-16(10-8-15)19(27)24-25-20(28)18-22(26-11-13-29-14-12-26)30-21(23-18)17-5-3-2-4-6-17/h2-10H,11-14H2,1H3,(H,24,27)(H,25,28). The fourth-order valence-corrected chi connectivity index (χ4v) is 3.09. The Labute approximate surface area is 173 Å². The van der Waals surface area contributed by atoms with E-state index in [1.54, 1.807) is 12.1 Å². The number of hydrogen-bond acceptors (Lipinski definition) is 6. The number of hydrogen-bond donors (Lipinski definition) is 2. The van der Waals surface area contributed by atoms with E-state index in [2.05, 4.69) is 15.8 Å². The first-order valence-electron chi connectivity index (χ1n) is 9.68. The molecule has 0 aliphatic carbocycles. The van der Waals surface area contributed by atoms with E-state index >= 15 is 0 Å². The van der Waals surface area contributed by atoms with Gasteiger partial charge in [0, 0.05) is 24.2 Å². The van der Waals surface area contributed by atoms with Crippen LogP contribution in [0.3, 0.4) is 0 Å². The van der Waals surface area contributed by atoms with Gasteiger partial charge in [-0.05, 0) is 31.2 Å². The van der Waals surface area contributed by atoms with Crippen LogP contribution in [0, 0.1) is 6.92 Å². The minimum absolute atomic E-state index is 0.111. The molecule has 0 radical (unpaired) electrons. The maximum Gasteiger partial charge on any atom is 0.293 e. The summed E-state index contributed by atoms with van der Waals surface area (Å²) in [4.78, 5) is 31.5. The van der Waals surface area contributed by atoms with Gasteiger partial charge in [-0.1, -0.05) is 35.9 Å². The van der Waals surface area contributed by atoms with Crippen LogP contribution in [0.1, 0.15) is 26.4 Å². The van der Waals surface area contributed by atoms with Gasteiger partial charge in [-0.25, -0.2) is 4.98 Å². The number of carbonyl (C=O) groups is 2. The number of nitrogens with one attached hydrogen (secondary N) is 2. The van der Waals surface area contributed by atoms with E-state index in [-0.39, 0.29) is 5.69 Å². The van der Waals surface area contributed by atoms with Crippen LogP contribution in [0.15, 0.2) is 59.0 Å². The highest BCUT2D eigenvalue weighted by molar-refractivity contribution is 6.00. The van der Waals surface area contributed by atoms with Crippen LogP contribution in [0.4, 0.5) is 5.88 Å². The molecule has 1 fully saturated rings. The second kappa shape index (κ2) is 8.79. The molecule has 8 heteroatoms. The van der Waals surface area contributed by atoms with Crippen molar-refractivity contribution in [1.82, 2.24) is 15.8 Å². The lowest BCUT2D eigenvalue weighted by Gasteiger charge is -2.26. The lowest BCUT2D eigenvalue weighted by molar-refractivity contribution is 0.0843. The first-order chi connectivity index (χ1) is 14.6. The molecule has 154 valence electrons. The van der Waals surface area contributed by atoms with Crippen molar-refractivity contribution in [3.63, 3.8) is 0 Å². The van der Waals surface area contributed by atoms with Gasteiger partial charge >= 0.3 is 0 Å². The van der Waals surface area contributed by atoms with Crippen molar-refractivity contribution in [2.24, 2.45) is 0 Å². The van der Waals surface area contributed by atoms with Gasteiger partial charge in [0.05, 0.1) is 13.2 Å². The summed E-state index contributed by atoms with van der Waals surface area (Å²) in [6.45, 7) is 4.17. The van der Waals surface area contributed by atoms with Crippen molar-refractivity contribution < 1.29 is 18.7 Å². The van der Waals surface area contributed by atoms with Gasteiger partial charge in [0.2, 0.25) is 11.8 Å². The molecular formula is C22H22N4O4. The van der Waals surface area contributed by atoms with Crippen molar-refractivity contribution in [1.29, 1.82) is 0 Å². The van der Waals surface area contributed by atoms with Crippen LogP contribution < -0.4 is 15.8 Å². The molecule has 0 bridgehead atoms. The Morgan fingerprint density at radius 2 is 1.60 bits per heavy atom. The number of amides is 2. The van der Waals surface area contributed by atoms with E-state index in [9.17, 15) is 9.59 Å². The molecule has 0 atom stereocenters. The summed E-state index contributed by atoms with van der Waals surface area (Å²) < 4.78 is 11.3. The highest BCUT2D eigenvalue weighted by Crippen LogP contribution is 2.29. The fraction of sp³-hybridized carbons (Fsp3) is 0.227. The highest BCUT2D eigenvalue weighted by Gasteiger charge is 2.27. The number of hydrazine groups is 1. The summed E-state index contributed by atoms with van der Waals surface area (Å²) in [5.74, 6) is -0.266. The van der Waals surface area contributed by atoms with E-state index in [0.717, 1.165) is 11.1 Å². The number of aryl methyl sites for hydroxylation is 1. The summed E-state index contributed by atoms with van der Waals surface area (Å²) in [7, 11) is 0. The van der Waals surface area contributed by atoms with E-state index in [0.29, 0.717) is 43.6 Å². The first-order valence-corrected chi connectivity index (χ1v) is 9.68. The predicted octanol–water partition coefficient (Wildman–Crippen LogP) is 2.56. The number of oxazole rings is 1. The maximum absolute atomic E-state index is 12.8. The Morgan fingerprint density at radius 1 is 0.933 bits per heavy atom. The Hall–Kier alpha value is -3.65. The zero-order valence-corrected chi connectivity index (χ0v) is 16.6. The van der Waals surface area contributed by atoms with Crippen LogP contribution in [0.5, 0.6) is 0 Å². The summed E-state index contributed by atoms with van der Waals surface area (Å²) >= 11 is 0. The second-order valence-corrected chi connectivity index (χ2v) is 6.91. The minimum atomic E-state index is -0.553. The van der Waals surface area contributed by atoms with E-state index < -0.39 is 11.8 Å². The summed E-state index contributed by atoms with van der Waals surface area (Å²) in [5.41, 5.74) is 7.23. The molecule has 0 saturated carbocycles. The summed E-state index contributed by atoms with van der Waals surface area (Å²) in [6, 6.07) is 16.4. The van der Waals surface area contributed by atoms with Gasteiger partial charge < -0.3 is 14.1 Å². The molecule has 4 rings (SSSR count). The highest BCUT2D eigenvalue weighted by atomic mass is 16.5. The third-order valence-electron chi connectivity index (χ3n) is 4.75. The molecule has 3 aromatic rings. The Morgan fingerprint density at radius 3 is 2.30 bits per heavy atom. The van der Waals surface area contributed by atoms with Crippen LogP contribution in [0.25, 0.3) is 11.5 Å². The Kier molecular flexibility index (Phi) is 5.76. The number of carbonyl (C=O) groups excluding carboxylic acids is 2. The van der Waals surface area contributed by atoms with Crippen molar-refractivity contribution in [3.05, 3.63) is 71.4 Å². The molecule has 0 unspecified atom stereocenters. The smallest absolute Gasteiger partial charge is 0.293 e. The van der Waals surface area contributed by atoms with Gasteiger partial charge in [-0.2, -0.15) is 0 Å². The van der Waals surface area contributed by atoms with Gasteiger partial charge in [0.1, 0.15) is 0 Å². The molecule has 1 aliphatic heterocycles. The summed E-state index contributed by atoms with van der Waals surface area (Å²) in [6.07, 6.45) is 0. The first kappa shape index (κ1) is 19.7. The van der Waals surface area contributed by atoms with Crippen molar-refractivity contribution in [3.8, 4) is 11.5 Å². The average molecular weight is 406 g/mol.